The van der Waals surface area contributed by atoms with Crippen LogP contribution in [0.1, 0.15) is 17.5 Å². The molecule has 1 fully saturated rings. The van der Waals surface area contributed by atoms with E-state index < -0.39 is 21.8 Å². The lowest BCUT2D eigenvalue weighted by molar-refractivity contribution is -0.137. The summed E-state index contributed by atoms with van der Waals surface area (Å²) in [5, 5.41) is 0.461. The summed E-state index contributed by atoms with van der Waals surface area (Å²) in [4.78, 5) is 5.61. The highest BCUT2D eigenvalue weighted by molar-refractivity contribution is 7.88. The molecule has 2 heterocycles. The predicted octanol–water partition coefficient (Wildman–Crippen LogP) is 3.45. The van der Waals surface area contributed by atoms with Gasteiger partial charge in [-0.25, -0.2) is 18.1 Å². The second-order valence-corrected chi connectivity index (χ2v) is 8.53. The Bertz CT molecular complexity index is 904. The molecule has 146 valence electrons. The zero-order valence-corrected chi connectivity index (χ0v) is 15.7. The van der Waals surface area contributed by atoms with Crippen LogP contribution in [0.2, 0.25) is 5.02 Å². The van der Waals surface area contributed by atoms with Crippen molar-refractivity contribution in [3.8, 4) is 0 Å². The first-order chi connectivity index (χ1) is 12.6. The fourth-order valence-electron chi connectivity index (χ4n) is 2.95. The smallest absolute Gasteiger partial charge is 0.355 e. The SMILES string of the molecule is O=S(=O)(Cc1cccc(Cl)c1)NC1CCN(c2ccc(C(F)(F)F)cn2)C1. The number of hydrogen-bond donors (Lipinski definition) is 1. The summed E-state index contributed by atoms with van der Waals surface area (Å²) in [5.74, 6) is 0.197. The minimum Gasteiger partial charge on any atom is -0.355 e. The van der Waals surface area contributed by atoms with Gasteiger partial charge in [-0.15, -0.1) is 0 Å². The van der Waals surface area contributed by atoms with Gasteiger partial charge in [-0.05, 0) is 36.2 Å². The van der Waals surface area contributed by atoms with Crippen LogP contribution in [0.3, 0.4) is 0 Å². The summed E-state index contributed by atoms with van der Waals surface area (Å²) in [5.41, 5.74) is -0.238. The molecule has 0 saturated carbocycles. The Kier molecular flexibility index (Phi) is 5.64. The second-order valence-electron chi connectivity index (χ2n) is 6.34. The van der Waals surface area contributed by atoms with E-state index in [4.69, 9.17) is 11.6 Å². The van der Waals surface area contributed by atoms with Gasteiger partial charge >= 0.3 is 6.18 Å². The maximum absolute atomic E-state index is 12.6. The van der Waals surface area contributed by atoms with E-state index in [0.717, 1.165) is 12.3 Å². The van der Waals surface area contributed by atoms with E-state index in [1.165, 1.54) is 6.07 Å². The molecule has 1 aliphatic heterocycles. The van der Waals surface area contributed by atoms with E-state index in [-0.39, 0.29) is 11.8 Å². The third-order valence-corrected chi connectivity index (χ3v) is 5.82. The van der Waals surface area contributed by atoms with Crippen molar-refractivity contribution in [2.24, 2.45) is 0 Å². The maximum Gasteiger partial charge on any atom is 0.417 e. The number of halogens is 4. The monoisotopic (exact) mass is 419 g/mol. The molecule has 0 amide bonds. The summed E-state index contributed by atoms with van der Waals surface area (Å²) in [6.07, 6.45) is -3.11. The molecule has 3 rings (SSSR count). The van der Waals surface area contributed by atoms with Crippen molar-refractivity contribution in [2.75, 3.05) is 18.0 Å². The van der Waals surface area contributed by atoms with Crippen LogP contribution in [0.15, 0.2) is 42.6 Å². The minimum atomic E-state index is -4.44. The highest BCUT2D eigenvalue weighted by atomic mass is 35.5. The van der Waals surface area contributed by atoms with Crippen LogP contribution in [0, 0.1) is 0 Å². The zero-order chi connectivity index (χ0) is 19.7. The molecule has 0 spiro atoms. The Balaban J connectivity index is 1.60. The first-order valence-electron chi connectivity index (χ1n) is 8.15. The van der Waals surface area contributed by atoms with Gasteiger partial charge in [0.15, 0.2) is 0 Å². The van der Waals surface area contributed by atoms with E-state index in [1.54, 1.807) is 29.2 Å². The largest absolute Gasteiger partial charge is 0.417 e. The first-order valence-corrected chi connectivity index (χ1v) is 10.2. The predicted molar refractivity (Wildman–Crippen MR) is 97.1 cm³/mol. The fourth-order valence-corrected chi connectivity index (χ4v) is 4.56. The van der Waals surface area contributed by atoms with Gasteiger partial charge in [0.05, 0.1) is 11.3 Å². The lowest BCUT2D eigenvalue weighted by Gasteiger charge is -2.18. The quantitative estimate of drug-likeness (QED) is 0.806. The molecule has 27 heavy (non-hydrogen) atoms. The number of rotatable bonds is 5. The molecule has 10 heteroatoms. The topological polar surface area (TPSA) is 62.3 Å². The molecule has 1 unspecified atom stereocenters. The van der Waals surface area contributed by atoms with Gasteiger partial charge in [-0.2, -0.15) is 13.2 Å². The average molecular weight is 420 g/mol. The number of nitrogens with one attached hydrogen (secondary N) is 1. The lowest BCUT2D eigenvalue weighted by Crippen LogP contribution is -2.37. The lowest BCUT2D eigenvalue weighted by atomic mass is 10.2. The molecule has 0 aliphatic carbocycles. The number of sulfonamides is 1. The number of benzene rings is 1. The molecule has 1 saturated heterocycles. The Labute approximate surface area is 160 Å². The normalized spacial score (nSPS) is 18.1. The average Bonchev–Trinajstić information content (AvgIpc) is 3.01. The van der Waals surface area contributed by atoms with E-state index in [9.17, 15) is 21.6 Å². The molecule has 1 aromatic heterocycles. The van der Waals surface area contributed by atoms with Crippen LogP contribution in [0.4, 0.5) is 19.0 Å². The minimum absolute atomic E-state index is 0.192. The summed E-state index contributed by atoms with van der Waals surface area (Å²) in [7, 11) is -3.57. The number of nitrogens with zero attached hydrogens (tertiary/aromatic N) is 2. The third kappa shape index (κ3) is 5.33. The fraction of sp³-hybridized carbons (Fsp3) is 0.353. The van der Waals surface area contributed by atoms with Crippen molar-refractivity contribution in [1.29, 1.82) is 0 Å². The Morgan fingerprint density at radius 2 is 2.04 bits per heavy atom. The standard InChI is InChI=1S/C17H17ClF3N3O2S/c18-14-3-1-2-12(8-14)11-27(25,26)23-15-6-7-24(10-15)16-5-4-13(9-22-16)17(19,20)21/h1-5,8-9,15,23H,6-7,10-11H2. The van der Waals surface area contributed by atoms with Crippen molar-refractivity contribution in [2.45, 2.75) is 24.4 Å². The highest BCUT2D eigenvalue weighted by Gasteiger charge is 2.32. The second kappa shape index (κ2) is 7.65. The van der Waals surface area contributed by atoms with E-state index in [1.807, 2.05) is 0 Å². The molecule has 1 N–H and O–H groups in total. The molecule has 0 bridgehead atoms. The molecule has 1 atom stereocenters. The molecule has 1 aliphatic rings. The molecule has 5 nitrogen and oxygen atoms in total. The third-order valence-electron chi connectivity index (χ3n) is 4.18. The van der Waals surface area contributed by atoms with Crippen LogP contribution in [-0.4, -0.2) is 32.5 Å². The number of hydrogen-bond acceptors (Lipinski definition) is 4. The molecule has 1 aromatic carbocycles. The Morgan fingerprint density at radius 1 is 1.26 bits per heavy atom. The summed E-state index contributed by atoms with van der Waals surface area (Å²) < 4.78 is 65.2. The van der Waals surface area contributed by atoms with Gasteiger partial charge < -0.3 is 4.90 Å². The molecular weight excluding hydrogens is 403 g/mol. The number of anilines is 1. The molecule has 2 aromatic rings. The van der Waals surface area contributed by atoms with Gasteiger partial charge in [0.1, 0.15) is 5.82 Å². The van der Waals surface area contributed by atoms with Gasteiger partial charge in [0.25, 0.3) is 0 Å². The van der Waals surface area contributed by atoms with Gasteiger partial charge in [-0.3, -0.25) is 0 Å². The first kappa shape index (κ1) is 19.9. The molecular formula is C17H17ClF3N3O2S. The summed E-state index contributed by atoms with van der Waals surface area (Å²) in [6.45, 7) is 0.843. The van der Waals surface area contributed by atoms with E-state index in [2.05, 4.69) is 9.71 Å². The van der Waals surface area contributed by atoms with Crippen LogP contribution >= 0.6 is 11.6 Å². The maximum atomic E-state index is 12.6. The van der Waals surface area contributed by atoms with E-state index in [0.29, 0.717) is 35.9 Å². The number of alkyl halides is 3. The summed E-state index contributed by atoms with van der Waals surface area (Å²) >= 11 is 5.87. The van der Waals surface area contributed by atoms with Crippen LogP contribution < -0.4 is 9.62 Å². The molecule has 0 radical (unpaired) electrons. The van der Waals surface area contributed by atoms with Crippen molar-refractivity contribution < 1.29 is 21.6 Å². The van der Waals surface area contributed by atoms with Gasteiger partial charge in [-0.1, -0.05) is 23.7 Å². The summed E-state index contributed by atoms with van der Waals surface area (Å²) in [6, 6.07) is 8.55. The zero-order valence-electron chi connectivity index (χ0n) is 14.1. The van der Waals surface area contributed by atoms with Crippen LogP contribution in [-0.2, 0) is 22.0 Å². The number of aromatic nitrogens is 1. The van der Waals surface area contributed by atoms with E-state index >= 15 is 0 Å². The van der Waals surface area contributed by atoms with Gasteiger partial charge in [0, 0.05) is 30.4 Å². The van der Waals surface area contributed by atoms with Crippen molar-refractivity contribution >= 4 is 27.4 Å². The van der Waals surface area contributed by atoms with Gasteiger partial charge in [0.2, 0.25) is 10.0 Å². The van der Waals surface area contributed by atoms with Crippen LogP contribution in [0.5, 0.6) is 0 Å². The van der Waals surface area contributed by atoms with Crippen LogP contribution in [0.25, 0.3) is 0 Å². The highest BCUT2D eigenvalue weighted by Crippen LogP contribution is 2.30. The Hall–Kier alpha value is -1.84. The van der Waals surface area contributed by atoms with Crippen molar-refractivity contribution in [3.05, 3.63) is 58.7 Å². The number of pyridine rings is 1. The Morgan fingerprint density at radius 3 is 2.67 bits per heavy atom. The van der Waals surface area contributed by atoms with Crippen molar-refractivity contribution in [1.82, 2.24) is 9.71 Å². The van der Waals surface area contributed by atoms with Crippen molar-refractivity contribution in [3.63, 3.8) is 0 Å².